The third kappa shape index (κ3) is 3.83. The Morgan fingerprint density at radius 3 is 1.97 bits per heavy atom. The molecule has 0 saturated heterocycles. The van der Waals surface area contributed by atoms with E-state index in [1.807, 2.05) is 6.07 Å². The van der Waals surface area contributed by atoms with E-state index >= 15 is 0 Å². The van der Waals surface area contributed by atoms with Crippen LogP contribution in [-0.2, 0) is 10.2 Å². The number of carbonyl (C=O) groups is 1. The predicted molar refractivity (Wildman–Crippen MR) is 128 cm³/mol. The fourth-order valence-electron chi connectivity index (χ4n) is 4.44. The van der Waals surface area contributed by atoms with Crippen LogP contribution in [0.5, 0.6) is 0 Å². The molecule has 0 radical (unpaired) electrons. The molecule has 30 heavy (non-hydrogen) atoms. The maximum absolute atomic E-state index is 12.0. The Hall–Kier alpha value is -2.39. The molecule has 158 valence electrons. The summed E-state index contributed by atoms with van der Waals surface area (Å²) in [7, 11) is 1.43. The maximum Gasteiger partial charge on any atom is 0.348 e. The van der Waals surface area contributed by atoms with Gasteiger partial charge in [0, 0.05) is 10.3 Å². The van der Waals surface area contributed by atoms with E-state index in [9.17, 15) is 4.79 Å². The molecule has 1 aromatic heterocycles. The van der Waals surface area contributed by atoms with Gasteiger partial charge in [-0.05, 0) is 85.5 Å². The first-order valence-corrected chi connectivity index (χ1v) is 11.5. The van der Waals surface area contributed by atoms with Crippen molar-refractivity contribution in [2.75, 3.05) is 7.11 Å². The quantitative estimate of drug-likeness (QED) is 0.385. The summed E-state index contributed by atoms with van der Waals surface area (Å²) in [4.78, 5) is 13.8. The molecular weight excluding hydrogens is 388 g/mol. The van der Waals surface area contributed by atoms with E-state index in [4.69, 9.17) is 4.74 Å². The summed E-state index contributed by atoms with van der Waals surface area (Å²) in [5.74, 6) is -0.269. The smallest absolute Gasteiger partial charge is 0.348 e. The van der Waals surface area contributed by atoms with Gasteiger partial charge in [0.05, 0.1) is 7.11 Å². The lowest BCUT2D eigenvalue weighted by Gasteiger charge is -2.34. The Kier molecular flexibility index (Phi) is 6.52. The van der Waals surface area contributed by atoms with Gasteiger partial charge in [-0.15, -0.1) is 11.3 Å². The van der Waals surface area contributed by atoms with Gasteiger partial charge in [-0.2, -0.15) is 0 Å². The van der Waals surface area contributed by atoms with Gasteiger partial charge in [0.1, 0.15) is 4.88 Å². The Labute approximate surface area is 184 Å². The number of aryl methyl sites for hydroxylation is 4. The van der Waals surface area contributed by atoms with E-state index in [-0.39, 0.29) is 11.4 Å². The van der Waals surface area contributed by atoms with Crippen molar-refractivity contribution in [3.63, 3.8) is 0 Å². The first-order chi connectivity index (χ1) is 14.3. The highest BCUT2D eigenvalue weighted by Gasteiger charge is 2.31. The lowest BCUT2D eigenvalue weighted by Crippen LogP contribution is -2.26. The fraction of sp³-hybridized carbons (Fsp3) is 0.370. The van der Waals surface area contributed by atoms with Crippen molar-refractivity contribution in [1.82, 2.24) is 0 Å². The predicted octanol–water partition coefficient (Wildman–Crippen LogP) is 7.54. The van der Waals surface area contributed by atoms with Crippen LogP contribution in [0.3, 0.4) is 0 Å². The summed E-state index contributed by atoms with van der Waals surface area (Å²) in [6, 6.07) is 15.7. The van der Waals surface area contributed by atoms with Crippen molar-refractivity contribution in [3.8, 4) is 10.4 Å². The highest BCUT2D eigenvalue weighted by atomic mass is 32.1. The molecule has 3 heteroatoms. The van der Waals surface area contributed by atoms with Crippen LogP contribution in [-0.4, -0.2) is 13.1 Å². The van der Waals surface area contributed by atoms with Gasteiger partial charge in [0.2, 0.25) is 0 Å². The normalized spacial score (nSPS) is 11.6. The number of thiophene rings is 1. The highest BCUT2D eigenvalue weighted by Crippen LogP contribution is 2.42. The molecule has 0 aliphatic heterocycles. The molecule has 3 rings (SSSR count). The number of hydrogen-bond donors (Lipinski definition) is 0. The van der Waals surface area contributed by atoms with Crippen molar-refractivity contribution < 1.29 is 9.53 Å². The van der Waals surface area contributed by atoms with Crippen LogP contribution < -0.4 is 0 Å². The molecule has 3 aromatic rings. The van der Waals surface area contributed by atoms with Crippen molar-refractivity contribution >= 4 is 17.3 Å². The Morgan fingerprint density at radius 1 is 0.833 bits per heavy atom. The molecular formula is C27H32O2S. The molecule has 0 aliphatic rings. The lowest BCUT2D eigenvalue weighted by atomic mass is 9.69. The molecule has 0 aliphatic carbocycles. The van der Waals surface area contributed by atoms with Gasteiger partial charge in [-0.3, -0.25) is 0 Å². The molecule has 0 bridgehead atoms. The van der Waals surface area contributed by atoms with E-state index in [1.54, 1.807) is 0 Å². The van der Waals surface area contributed by atoms with E-state index in [0.717, 1.165) is 23.3 Å². The summed E-state index contributed by atoms with van der Waals surface area (Å²) < 4.78 is 4.90. The van der Waals surface area contributed by atoms with Gasteiger partial charge in [0.15, 0.2) is 0 Å². The van der Waals surface area contributed by atoms with E-state index in [1.165, 1.54) is 51.8 Å². The van der Waals surface area contributed by atoms with Crippen LogP contribution in [0, 0.1) is 27.7 Å². The van der Waals surface area contributed by atoms with E-state index in [2.05, 4.69) is 77.9 Å². The minimum atomic E-state index is -0.269. The van der Waals surface area contributed by atoms with Crippen molar-refractivity contribution in [1.29, 1.82) is 0 Å². The minimum Gasteiger partial charge on any atom is -0.465 e. The summed E-state index contributed by atoms with van der Waals surface area (Å²) in [5, 5.41) is 0. The zero-order valence-electron chi connectivity index (χ0n) is 19.2. The molecule has 2 aromatic carbocycles. The van der Waals surface area contributed by atoms with Crippen molar-refractivity contribution in [2.45, 2.75) is 59.8 Å². The second kappa shape index (κ2) is 8.77. The first kappa shape index (κ1) is 22.3. The molecule has 0 spiro atoms. The molecule has 1 heterocycles. The van der Waals surface area contributed by atoms with Crippen LogP contribution in [0.1, 0.15) is 69.7 Å². The molecule has 0 atom stereocenters. The molecule has 0 fully saturated rings. The van der Waals surface area contributed by atoms with Gasteiger partial charge in [-0.25, -0.2) is 4.79 Å². The Balaban J connectivity index is 2.09. The SMILES string of the molecule is CCC(CC)(c1ccc(C)c(C)c1)c1ccc(-c2sc(C(=O)OC)cc2C)c(C)c1. The molecule has 0 unspecified atom stereocenters. The molecule has 2 nitrogen and oxygen atoms in total. The Morgan fingerprint density at radius 2 is 1.43 bits per heavy atom. The largest absolute Gasteiger partial charge is 0.465 e. The third-order valence-corrected chi connectivity index (χ3v) is 7.85. The Bertz CT molecular complexity index is 1070. The molecule has 0 N–H and O–H groups in total. The number of benzene rings is 2. The molecule has 0 amide bonds. The fourth-order valence-corrected chi connectivity index (χ4v) is 5.62. The minimum absolute atomic E-state index is 0.00339. The monoisotopic (exact) mass is 420 g/mol. The standard InChI is InChI=1S/C27H32O2S/c1-8-27(9-2,21-11-10-17(3)18(4)14-21)22-12-13-23(19(5)15-22)25-20(6)16-24(30-25)26(28)29-7/h10-16H,8-9H2,1-7H3. The van der Waals surface area contributed by atoms with Crippen LogP contribution in [0.15, 0.2) is 42.5 Å². The van der Waals surface area contributed by atoms with Crippen LogP contribution >= 0.6 is 11.3 Å². The van der Waals surface area contributed by atoms with Gasteiger partial charge in [0.25, 0.3) is 0 Å². The number of carbonyl (C=O) groups excluding carboxylic acids is 1. The summed E-state index contributed by atoms with van der Waals surface area (Å²) >= 11 is 1.51. The number of ether oxygens (including phenoxy) is 1. The summed E-state index contributed by atoms with van der Waals surface area (Å²) in [5.41, 5.74) is 8.98. The van der Waals surface area contributed by atoms with Crippen LogP contribution in [0.4, 0.5) is 0 Å². The average molecular weight is 421 g/mol. The number of rotatable bonds is 6. The van der Waals surface area contributed by atoms with Crippen molar-refractivity contribution in [3.05, 3.63) is 80.7 Å². The average Bonchev–Trinajstić information content (AvgIpc) is 3.12. The maximum atomic E-state index is 12.0. The zero-order valence-corrected chi connectivity index (χ0v) is 20.0. The van der Waals surface area contributed by atoms with E-state index < -0.39 is 0 Å². The van der Waals surface area contributed by atoms with Gasteiger partial charge in [-0.1, -0.05) is 50.2 Å². The second-order valence-electron chi connectivity index (χ2n) is 8.23. The van der Waals surface area contributed by atoms with Gasteiger partial charge >= 0.3 is 5.97 Å². The van der Waals surface area contributed by atoms with Gasteiger partial charge < -0.3 is 4.74 Å². The summed E-state index contributed by atoms with van der Waals surface area (Å²) in [6.45, 7) is 13.2. The van der Waals surface area contributed by atoms with Crippen LogP contribution in [0.2, 0.25) is 0 Å². The molecule has 0 saturated carbocycles. The number of hydrogen-bond acceptors (Lipinski definition) is 3. The first-order valence-electron chi connectivity index (χ1n) is 10.6. The topological polar surface area (TPSA) is 26.3 Å². The second-order valence-corrected chi connectivity index (χ2v) is 9.28. The third-order valence-electron chi connectivity index (χ3n) is 6.59. The highest BCUT2D eigenvalue weighted by molar-refractivity contribution is 7.17. The van der Waals surface area contributed by atoms with E-state index in [0.29, 0.717) is 4.88 Å². The zero-order chi connectivity index (χ0) is 22.1. The summed E-state index contributed by atoms with van der Waals surface area (Å²) in [6.07, 6.45) is 2.10. The lowest BCUT2D eigenvalue weighted by molar-refractivity contribution is 0.0606. The van der Waals surface area contributed by atoms with Crippen LogP contribution in [0.25, 0.3) is 10.4 Å². The number of esters is 1. The van der Waals surface area contributed by atoms with Crippen molar-refractivity contribution in [2.24, 2.45) is 0 Å². The number of methoxy groups -OCH3 is 1.